The molecule has 2 aliphatic heterocycles. The number of thioether (sulfide) groups is 1. The number of amidine groups is 1. The van der Waals surface area contributed by atoms with Crippen LogP contribution >= 0.6 is 11.8 Å². The first-order valence-electron chi connectivity index (χ1n) is 6.71. The molecule has 1 aromatic carbocycles. The van der Waals surface area contributed by atoms with E-state index in [-0.39, 0.29) is 28.7 Å². The molecule has 5 nitrogen and oxygen atoms in total. The van der Waals surface area contributed by atoms with E-state index in [0.717, 1.165) is 5.56 Å². The Bertz CT molecular complexity index is 685. The van der Waals surface area contributed by atoms with Gasteiger partial charge in [-0.05, 0) is 5.56 Å². The molecule has 0 unspecified atom stereocenters. The van der Waals surface area contributed by atoms with E-state index in [1.807, 2.05) is 35.2 Å². The van der Waals surface area contributed by atoms with Gasteiger partial charge in [0.25, 0.3) is 0 Å². The van der Waals surface area contributed by atoms with Crippen LogP contribution in [0, 0.1) is 0 Å². The summed E-state index contributed by atoms with van der Waals surface area (Å²) in [5.41, 5.74) is 1.08. The molecule has 21 heavy (non-hydrogen) atoms. The van der Waals surface area contributed by atoms with Gasteiger partial charge in [0.1, 0.15) is 0 Å². The van der Waals surface area contributed by atoms with Crippen molar-refractivity contribution >= 4 is 32.7 Å². The fourth-order valence-corrected chi connectivity index (χ4v) is 6.73. The van der Waals surface area contributed by atoms with Gasteiger partial charge in [0.2, 0.25) is 5.91 Å². The van der Waals surface area contributed by atoms with Gasteiger partial charge in [0.05, 0.1) is 17.5 Å². The Kier molecular flexibility index (Phi) is 3.79. The molecule has 3 rings (SSSR count). The fraction of sp³-hybridized carbons (Fsp3) is 0.429. The predicted molar refractivity (Wildman–Crippen MR) is 83.9 cm³/mol. The summed E-state index contributed by atoms with van der Waals surface area (Å²) in [7, 11) is -2.99. The third-order valence-corrected chi connectivity index (χ3v) is 6.87. The number of rotatable bonds is 2. The Hall–Kier alpha value is -1.34. The van der Waals surface area contributed by atoms with Crippen LogP contribution in [0.1, 0.15) is 12.5 Å². The summed E-state index contributed by atoms with van der Waals surface area (Å²) in [6.07, 6.45) is 0. The van der Waals surface area contributed by atoms with Crippen molar-refractivity contribution in [2.24, 2.45) is 4.99 Å². The first kappa shape index (κ1) is 14.6. The van der Waals surface area contributed by atoms with Crippen LogP contribution in [0.15, 0.2) is 35.3 Å². The number of hydrogen-bond acceptors (Lipinski definition) is 4. The van der Waals surface area contributed by atoms with Crippen LogP contribution in [0.3, 0.4) is 0 Å². The van der Waals surface area contributed by atoms with Gasteiger partial charge >= 0.3 is 0 Å². The van der Waals surface area contributed by atoms with E-state index in [9.17, 15) is 13.2 Å². The van der Waals surface area contributed by atoms with Crippen molar-refractivity contribution in [3.63, 3.8) is 0 Å². The van der Waals surface area contributed by atoms with E-state index in [1.54, 1.807) is 0 Å². The lowest BCUT2D eigenvalue weighted by Gasteiger charge is -2.24. The number of fused-ring (bicyclic) bond motifs is 1. The van der Waals surface area contributed by atoms with Crippen molar-refractivity contribution in [3.8, 4) is 0 Å². The van der Waals surface area contributed by atoms with Crippen LogP contribution < -0.4 is 0 Å². The maximum atomic E-state index is 11.8. The highest BCUT2D eigenvalue weighted by molar-refractivity contribution is 8.15. The number of sulfone groups is 1. The van der Waals surface area contributed by atoms with Crippen molar-refractivity contribution in [1.29, 1.82) is 0 Å². The number of benzene rings is 1. The Labute approximate surface area is 128 Å². The number of carbonyl (C=O) groups is 1. The Balaban J connectivity index is 1.90. The van der Waals surface area contributed by atoms with Crippen molar-refractivity contribution in [1.82, 2.24) is 4.90 Å². The molecule has 0 N–H and O–H groups in total. The summed E-state index contributed by atoms with van der Waals surface area (Å²) in [6.45, 7) is 2.00. The van der Waals surface area contributed by atoms with Gasteiger partial charge in [0.15, 0.2) is 15.0 Å². The number of carbonyl (C=O) groups excluding carboxylic acids is 1. The first-order valence-corrected chi connectivity index (χ1v) is 9.41. The largest absolute Gasteiger partial charge is 0.342 e. The number of nitrogens with zero attached hydrogens (tertiary/aromatic N) is 2. The minimum Gasteiger partial charge on any atom is -0.342 e. The van der Waals surface area contributed by atoms with Crippen molar-refractivity contribution in [2.45, 2.75) is 24.8 Å². The summed E-state index contributed by atoms with van der Waals surface area (Å²) in [5, 5.41) is 0.632. The molecule has 112 valence electrons. The summed E-state index contributed by atoms with van der Waals surface area (Å²) in [4.78, 5) is 17.3. The highest BCUT2D eigenvalue weighted by Crippen LogP contribution is 2.38. The minimum atomic E-state index is -2.99. The summed E-state index contributed by atoms with van der Waals surface area (Å²) < 4.78 is 23.6. The van der Waals surface area contributed by atoms with E-state index < -0.39 is 9.84 Å². The molecule has 2 saturated heterocycles. The highest BCUT2D eigenvalue weighted by atomic mass is 32.2. The van der Waals surface area contributed by atoms with Gasteiger partial charge < -0.3 is 4.90 Å². The van der Waals surface area contributed by atoms with Crippen molar-refractivity contribution in [3.05, 3.63) is 35.9 Å². The Morgan fingerprint density at radius 1 is 1.33 bits per heavy atom. The molecule has 0 aromatic heterocycles. The van der Waals surface area contributed by atoms with Gasteiger partial charge in [-0.3, -0.25) is 4.79 Å². The minimum absolute atomic E-state index is 0.0168. The molecule has 2 heterocycles. The molecule has 0 spiro atoms. The highest BCUT2D eigenvalue weighted by Gasteiger charge is 2.48. The average Bonchev–Trinajstić information content (AvgIpc) is 2.84. The second-order valence-corrected chi connectivity index (χ2v) is 8.69. The zero-order valence-corrected chi connectivity index (χ0v) is 13.2. The quantitative estimate of drug-likeness (QED) is 0.820. The third-order valence-electron chi connectivity index (χ3n) is 3.62. The van der Waals surface area contributed by atoms with E-state index >= 15 is 0 Å². The standard InChI is InChI=1S/C14H16N2O3S2/c1-10(17)15-14-16(7-11-5-3-2-4-6-11)12-8-21(18,19)9-13(12)20-14/h2-6,12-13H,7-9H2,1H3/t12-,13+/m0/s1. The van der Waals surface area contributed by atoms with Gasteiger partial charge in [-0.1, -0.05) is 42.1 Å². The summed E-state index contributed by atoms with van der Waals surface area (Å²) in [5.74, 6) is 0.0669. The smallest absolute Gasteiger partial charge is 0.244 e. The summed E-state index contributed by atoms with van der Waals surface area (Å²) >= 11 is 1.42. The van der Waals surface area contributed by atoms with E-state index in [2.05, 4.69) is 4.99 Å². The second-order valence-electron chi connectivity index (χ2n) is 5.33. The maximum absolute atomic E-state index is 11.8. The van der Waals surface area contributed by atoms with Crippen LogP contribution in [0.4, 0.5) is 0 Å². The maximum Gasteiger partial charge on any atom is 0.244 e. The van der Waals surface area contributed by atoms with E-state index in [4.69, 9.17) is 0 Å². The van der Waals surface area contributed by atoms with Crippen LogP contribution in [0.5, 0.6) is 0 Å². The molecule has 0 bridgehead atoms. The summed E-state index contributed by atoms with van der Waals surface area (Å²) in [6, 6.07) is 9.74. The van der Waals surface area contributed by atoms with Gasteiger partial charge in [-0.25, -0.2) is 8.42 Å². The molecule has 1 aromatic rings. The molecule has 1 amide bonds. The topological polar surface area (TPSA) is 66.8 Å². The number of amides is 1. The number of hydrogen-bond donors (Lipinski definition) is 0. The molecule has 2 atom stereocenters. The van der Waals surface area contributed by atoms with Gasteiger partial charge in [-0.2, -0.15) is 4.99 Å². The van der Waals surface area contributed by atoms with E-state index in [1.165, 1.54) is 18.7 Å². The SMILES string of the molecule is CC(=O)N=C1S[C@@H]2CS(=O)(=O)C[C@@H]2N1Cc1ccccc1. The van der Waals surface area contributed by atoms with Crippen LogP contribution in [0.2, 0.25) is 0 Å². The Morgan fingerprint density at radius 3 is 2.71 bits per heavy atom. The second kappa shape index (κ2) is 5.46. The van der Waals surface area contributed by atoms with Crippen molar-refractivity contribution in [2.75, 3.05) is 11.5 Å². The molecule has 0 radical (unpaired) electrons. The lowest BCUT2D eigenvalue weighted by molar-refractivity contribution is -0.115. The zero-order valence-electron chi connectivity index (χ0n) is 11.6. The Morgan fingerprint density at radius 2 is 2.05 bits per heavy atom. The number of aliphatic imine (C=N–C) groups is 1. The molecule has 2 fully saturated rings. The zero-order chi connectivity index (χ0) is 15.0. The monoisotopic (exact) mass is 324 g/mol. The molecule has 0 aliphatic carbocycles. The molecule has 2 aliphatic rings. The van der Waals surface area contributed by atoms with Crippen molar-refractivity contribution < 1.29 is 13.2 Å². The van der Waals surface area contributed by atoms with Crippen LogP contribution in [0.25, 0.3) is 0 Å². The first-order chi connectivity index (χ1) is 9.94. The van der Waals surface area contributed by atoms with Crippen LogP contribution in [-0.4, -0.2) is 47.2 Å². The molecule has 0 saturated carbocycles. The van der Waals surface area contributed by atoms with Gasteiger partial charge in [-0.15, -0.1) is 0 Å². The van der Waals surface area contributed by atoms with Gasteiger partial charge in [0, 0.05) is 18.7 Å². The molecular formula is C14H16N2O3S2. The third kappa shape index (κ3) is 3.13. The average molecular weight is 324 g/mol. The molecular weight excluding hydrogens is 308 g/mol. The predicted octanol–water partition coefficient (Wildman–Crippen LogP) is 1.30. The van der Waals surface area contributed by atoms with E-state index in [0.29, 0.717) is 11.7 Å². The normalized spacial score (nSPS) is 28.8. The lowest BCUT2D eigenvalue weighted by atomic mass is 10.1. The fourth-order valence-electron chi connectivity index (χ4n) is 2.74. The molecule has 7 heteroatoms. The lowest BCUT2D eigenvalue weighted by Crippen LogP contribution is -2.37. The van der Waals surface area contributed by atoms with Crippen LogP contribution in [-0.2, 0) is 21.2 Å².